The highest BCUT2D eigenvalue weighted by atomic mass is 35.5. The minimum absolute atomic E-state index is 0.657. The first-order valence-electron chi connectivity index (χ1n) is 7.40. The van der Waals surface area contributed by atoms with Crippen molar-refractivity contribution in [1.29, 1.82) is 0 Å². The fourth-order valence-electron chi connectivity index (χ4n) is 2.60. The molecule has 2 nitrogen and oxygen atoms in total. The largest absolute Gasteiger partial charge is 0.377 e. The molecule has 1 N–H and O–H groups in total. The lowest BCUT2D eigenvalue weighted by molar-refractivity contribution is 0.117. The van der Waals surface area contributed by atoms with E-state index in [2.05, 4.69) is 5.32 Å². The maximum absolute atomic E-state index is 5.93. The van der Waals surface area contributed by atoms with E-state index in [0.717, 1.165) is 36.2 Å². The van der Waals surface area contributed by atoms with Crippen LogP contribution < -0.4 is 5.32 Å². The van der Waals surface area contributed by atoms with Gasteiger partial charge < -0.3 is 10.1 Å². The van der Waals surface area contributed by atoms with Gasteiger partial charge in [0.25, 0.3) is 0 Å². The molecule has 1 aromatic carbocycles. The zero-order valence-corrected chi connectivity index (χ0v) is 12.3. The standard InChI is InChI=1S/C16H24ClNO/c17-15-7-4-6-14(12-15)13-19-11-5-10-18-16-8-2-1-3-9-16/h4,6-7,12,16,18H,1-3,5,8-11,13H2. The zero-order chi connectivity index (χ0) is 13.3. The Balaban J connectivity index is 1.50. The molecule has 1 fully saturated rings. The molecular formula is C16H24ClNO. The van der Waals surface area contributed by atoms with Gasteiger partial charge in [-0.2, -0.15) is 0 Å². The lowest BCUT2D eigenvalue weighted by Crippen LogP contribution is -2.32. The van der Waals surface area contributed by atoms with E-state index in [9.17, 15) is 0 Å². The summed E-state index contributed by atoms with van der Waals surface area (Å²) in [5, 5.41) is 4.41. The number of nitrogens with one attached hydrogen (secondary N) is 1. The summed E-state index contributed by atoms with van der Waals surface area (Å²) in [7, 11) is 0. The summed E-state index contributed by atoms with van der Waals surface area (Å²) in [6, 6.07) is 8.61. The Bertz CT molecular complexity index is 364. The first kappa shape index (κ1) is 14.8. The molecule has 0 spiro atoms. The van der Waals surface area contributed by atoms with Crippen LogP contribution in [0.3, 0.4) is 0 Å². The van der Waals surface area contributed by atoms with Crippen molar-refractivity contribution in [2.24, 2.45) is 0 Å². The van der Waals surface area contributed by atoms with E-state index in [1.54, 1.807) is 0 Å². The normalized spacial score (nSPS) is 16.7. The molecule has 1 aliphatic rings. The van der Waals surface area contributed by atoms with Gasteiger partial charge in [0, 0.05) is 17.7 Å². The van der Waals surface area contributed by atoms with Gasteiger partial charge in [0.05, 0.1) is 6.61 Å². The number of halogens is 1. The van der Waals surface area contributed by atoms with Crippen molar-refractivity contribution in [2.45, 2.75) is 51.2 Å². The number of hydrogen-bond acceptors (Lipinski definition) is 2. The highest BCUT2D eigenvalue weighted by Gasteiger charge is 2.11. The van der Waals surface area contributed by atoms with E-state index in [4.69, 9.17) is 16.3 Å². The van der Waals surface area contributed by atoms with Crippen LogP contribution in [0.15, 0.2) is 24.3 Å². The van der Waals surface area contributed by atoms with Crippen LogP contribution in [0, 0.1) is 0 Å². The smallest absolute Gasteiger partial charge is 0.0717 e. The fourth-order valence-corrected chi connectivity index (χ4v) is 2.82. The van der Waals surface area contributed by atoms with Crippen LogP contribution in [0.5, 0.6) is 0 Å². The van der Waals surface area contributed by atoms with Crippen molar-refractivity contribution in [1.82, 2.24) is 5.32 Å². The van der Waals surface area contributed by atoms with Crippen molar-refractivity contribution < 1.29 is 4.74 Å². The molecule has 1 aliphatic carbocycles. The summed E-state index contributed by atoms with van der Waals surface area (Å²) in [5.74, 6) is 0. The second kappa shape index (κ2) is 8.57. The van der Waals surface area contributed by atoms with Crippen molar-refractivity contribution >= 4 is 11.6 Å². The van der Waals surface area contributed by atoms with E-state index >= 15 is 0 Å². The second-order valence-electron chi connectivity index (χ2n) is 5.33. The van der Waals surface area contributed by atoms with E-state index in [1.807, 2.05) is 24.3 Å². The van der Waals surface area contributed by atoms with Crippen LogP contribution in [0.25, 0.3) is 0 Å². The Hall–Kier alpha value is -0.570. The van der Waals surface area contributed by atoms with Gasteiger partial charge >= 0.3 is 0 Å². The van der Waals surface area contributed by atoms with Gasteiger partial charge in [-0.25, -0.2) is 0 Å². The van der Waals surface area contributed by atoms with Crippen molar-refractivity contribution in [3.8, 4) is 0 Å². The summed E-state index contributed by atoms with van der Waals surface area (Å²) >= 11 is 5.93. The van der Waals surface area contributed by atoms with E-state index < -0.39 is 0 Å². The average molecular weight is 282 g/mol. The summed E-state index contributed by atoms with van der Waals surface area (Å²) in [4.78, 5) is 0. The van der Waals surface area contributed by atoms with Gasteiger partial charge in [0.2, 0.25) is 0 Å². The monoisotopic (exact) mass is 281 g/mol. The van der Waals surface area contributed by atoms with E-state index in [-0.39, 0.29) is 0 Å². The van der Waals surface area contributed by atoms with Crippen LogP contribution in [0.1, 0.15) is 44.1 Å². The highest BCUT2D eigenvalue weighted by molar-refractivity contribution is 6.30. The number of benzene rings is 1. The van der Waals surface area contributed by atoms with Gasteiger partial charge in [0.15, 0.2) is 0 Å². The molecule has 1 aromatic rings. The predicted octanol–water partition coefficient (Wildman–Crippen LogP) is 4.17. The van der Waals surface area contributed by atoms with Gasteiger partial charge in [-0.05, 0) is 43.5 Å². The lowest BCUT2D eigenvalue weighted by atomic mass is 9.95. The molecule has 0 aliphatic heterocycles. The molecule has 0 atom stereocenters. The summed E-state index contributed by atoms with van der Waals surface area (Å²) in [6.45, 7) is 2.54. The van der Waals surface area contributed by atoms with Crippen LogP contribution in [0.4, 0.5) is 0 Å². The van der Waals surface area contributed by atoms with Crippen LogP contribution in [-0.2, 0) is 11.3 Å². The Morgan fingerprint density at radius 3 is 2.84 bits per heavy atom. The molecule has 1 saturated carbocycles. The van der Waals surface area contributed by atoms with Gasteiger partial charge in [-0.3, -0.25) is 0 Å². The Morgan fingerprint density at radius 1 is 1.21 bits per heavy atom. The quantitative estimate of drug-likeness (QED) is 0.758. The third-order valence-corrected chi connectivity index (χ3v) is 3.90. The topological polar surface area (TPSA) is 21.3 Å². The molecular weight excluding hydrogens is 258 g/mol. The minimum atomic E-state index is 0.657. The van der Waals surface area contributed by atoms with Crippen LogP contribution >= 0.6 is 11.6 Å². The molecule has 0 saturated heterocycles. The summed E-state index contributed by atoms with van der Waals surface area (Å²) in [5.41, 5.74) is 1.15. The van der Waals surface area contributed by atoms with Crippen molar-refractivity contribution in [2.75, 3.05) is 13.2 Å². The second-order valence-corrected chi connectivity index (χ2v) is 5.76. The predicted molar refractivity (Wildman–Crippen MR) is 80.6 cm³/mol. The molecule has 0 unspecified atom stereocenters. The third-order valence-electron chi connectivity index (χ3n) is 3.66. The fraction of sp³-hybridized carbons (Fsp3) is 0.625. The molecule has 0 aromatic heterocycles. The third kappa shape index (κ3) is 5.94. The summed E-state index contributed by atoms with van der Waals surface area (Å²) < 4.78 is 5.67. The Morgan fingerprint density at radius 2 is 2.05 bits per heavy atom. The molecule has 2 rings (SSSR count). The highest BCUT2D eigenvalue weighted by Crippen LogP contribution is 2.17. The van der Waals surface area contributed by atoms with Gasteiger partial charge in [0.1, 0.15) is 0 Å². The molecule has 0 amide bonds. The van der Waals surface area contributed by atoms with Gasteiger partial charge in [-0.15, -0.1) is 0 Å². The van der Waals surface area contributed by atoms with Crippen LogP contribution in [-0.4, -0.2) is 19.2 Å². The molecule has 0 radical (unpaired) electrons. The van der Waals surface area contributed by atoms with E-state index in [1.165, 1.54) is 32.1 Å². The SMILES string of the molecule is Clc1cccc(COCCCNC2CCCCC2)c1. The maximum atomic E-state index is 5.93. The first-order valence-corrected chi connectivity index (χ1v) is 7.78. The number of ether oxygens (including phenoxy) is 1. The molecule has 0 heterocycles. The maximum Gasteiger partial charge on any atom is 0.0717 e. The van der Waals surface area contributed by atoms with E-state index in [0.29, 0.717) is 6.61 Å². The average Bonchev–Trinajstić information content (AvgIpc) is 2.44. The molecule has 0 bridgehead atoms. The number of hydrogen-bond donors (Lipinski definition) is 1. The zero-order valence-electron chi connectivity index (χ0n) is 11.5. The van der Waals surface area contributed by atoms with Gasteiger partial charge in [-0.1, -0.05) is 43.0 Å². The molecule has 19 heavy (non-hydrogen) atoms. The minimum Gasteiger partial charge on any atom is -0.377 e. The van der Waals surface area contributed by atoms with Crippen molar-refractivity contribution in [3.05, 3.63) is 34.9 Å². The molecule has 3 heteroatoms. The lowest BCUT2D eigenvalue weighted by Gasteiger charge is -2.22. The summed E-state index contributed by atoms with van der Waals surface area (Å²) in [6.07, 6.45) is 7.98. The number of rotatable bonds is 7. The van der Waals surface area contributed by atoms with Crippen molar-refractivity contribution in [3.63, 3.8) is 0 Å². The molecule has 106 valence electrons. The first-order chi connectivity index (χ1) is 9.34. The Kier molecular flexibility index (Phi) is 6.69. The van der Waals surface area contributed by atoms with Crippen LogP contribution in [0.2, 0.25) is 5.02 Å². The Labute approximate surface area is 121 Å².